The number of rotatable bonds is 4. The topological polar surface area (TPSA) is 42.0 Å². The third-order valence-corrected chi connectivity index (χ3v) is 4.66. The van der Waals surface area contributed by atoms with E-state index in [1.54, 1.807) is 13.1 Å². The molecular formula is C14H11Cl3N2OS. The summed E-state index contributed by atoms with van der Waals surface area (Å²) in [6, 6.07) is 8.57. The minimum absolute atomic E-state index is 0.189. The van der Waals surface area contributed by atoms with E-state index in [1.165, 1.54) is 23.9 Å². The minimum Gasteiger partial charge on any atom is -0.324 e. The van der Waals surface area contributed by atoms with Crippen molar-refractivity contribution in [2.45, 2.75) is 17.2 Å². The van der Waals surface area contributed by atoms with E-state index in [2.05, 4.69) is 10.3 Å². The molecule has 0 aliphatic carbocycles. The Labute approximate surface area is 142 Å². The Morgan fingerprint density at radius 2 is 1.90 bits per heavy atom. The van der Waals surface area contributed by atoms with Crippen LogP contribution in [0.15, 0.2) is 41.6 Å². The van der Waals surface area contributed by atoms with Crippen molar-refractivity contribution in [3.8, 4) is 0 Å². The van der Waals surface area contributed by atoms with Gasteiger partial charge in [-0.25, -0.2) is 4.98 Å². The zero-order chi connectivity index (χ0) is 15.4. The lowest BCUT2D eigenvalue weighted by molar-refractivity contribution is -0.115. The van der Waals surface area contributed by atoms with Crippen LogP contribution in [-0.2, 0) is 4.79 Å². The number of carbonyl (C=O) groups excluding carboxylic acids is 1. The fraction of sp³-hybridized carbons (Fsp3) is 0.143. The third kappa shape index (κ3) is 4.51. The molecule has 21 heavy (non-hydrogen) atoms. The van der Waals surface area contributed by atoms with Crippen LogP contribution < -0.4 is 5.32 Å². The van der Waals surface area contributed by atoms with Crippen molar-refractivity contribution in [1.29, 1.82) is 0 Å². The van der Waals surface area contributed by atoms with Gasteiger partial charge in [0.25, 0.3) is 0 Å². The van der Waals surface area contributed by atoms with Gasteiger partial charge in [0.15, 0.2) is 0 Å². The van der Waals surface area contributed by atoms with Gasteiger partial charge in [0.2, 0.25) is 5.91 Å². The molecule has 0 aliphatic heterocycles. The third-order valence-electron chi connectivity index (χ3n) is 2.57. The normalized spacial score (nSPS) is 12.0. The largest absolute Gasteiger partial charge is 0.324 e. The van der Waals surface area contributed by atoms with E-state index >= 15 is 0 Å². The zero-order valence-electron chi connectivity index (χ0n) is 10.9. The molecule has 3 nitrogen and oxygen atoms in total. The Bertz CT molecular complexity index is 652. The Morgan fingerprint density at radius 1 is 1.19 bits per heavy atom. The van der Waals surface area contributed by atoms with Crippen LogP contribution in [0.5, 0.6) is 0 Å². The Kier molecular flexibility index (Phi) is 5.76. The van der Waals surface area contributed by atoms with Gasteiger partial charge in [0.05, 0.1) is 31.0 Å². The molecule has 1 atom stereocenters. The smallest absolute Gasteiger partial charge is 0.237 e. The molecule has 1 amide bonds. The highest BCUT2D eigenvalue weighted by Gasteiger charge is 2.17. The van der Waals surface area contributed by atoms with Crippen LogP contribution in [-0.4, -0.2) is 16.1 Å². The number of nitrogens with one attached hydrogen (secondary N) is 1. The summed E-state index contributed by atoms with van der Waals surface area (Å²) in [5.74, 6) is -0.189. The van der Waals surface area contributed by atoms with E-state index < -0.39 is 0 Å². The van der Waals surface area contributed by atoms with Gasteiger partial charge in [0, 0.05) is 6.20 Å². The molecule has 0 fully saturated rings. The molecule has 110 valence electrons. The lowest BCUT2D eigenvalue weighted by Crippen LogP contribution is -2.22. The molecule has 1 N–H and O–H groups in total. The number of nitrogens with zero attached hydrogens (tertiary/aromatic N) is 1. The summed E-state index contributed by atoms with van der Waals surface area (Å²) >= 11 is 19.2. The zero-order valence-corrected chi connectivity index (χ0v) is 14.0. The van der Waals surface area contributed by atoms with Crippen molar-refractivity contribution in [3.05, 3.63) is 51.6 Å². The molecule has 1 aromatic carbocycles. The van der Waals surface area contributed by atoms with Gasteiger partial charge in [-0.3, -0.25) is 4.79 Å². The first-order valence-electron chi connectivity index (χ1n) is 6.00. The van der Waals surface area contributed by atoms with Crippen LogP contribution in [0.3, 0.4) is 0 Å². The second-order valence-corrected chi connectivity index (χ2v) is 6.75. The summed E-state index contributed by atoms with van der Waals surface area (Å²) in [5.41, 5.74) is 0.435. The van der Waals surface area contributed by atoms with Gasteiger partial charge in [0.1, 0.15) is 0 Å². The summed E-state index contributed by atoms with van der Waals surface area (Å²) in [7, 11) is 0. The molecule has 0 radical (unpaired) electrons. The number of aromatic nitrogens is 1. The number of hydrogen-bond acceptors (Lipinski definition) is 3. The van der Waals surface area contributed by atoms with Gasteiger partial charge in [-0.1, -0.05) is 52.6 Å². The number of pyridine rings is 1. The molecule has 2 aromatic rings. The first-order valence-corrected chi connectivity index (χ1v) is 8.02. The second-order valence-electron chi connectivity index (χ2n) is 4.16. The molecular weight excluding hydrogens is 351 g/mol. The maximum Gasteiger partial charge on any atom is 0.237 e. The van der Waals surface area contributed by atoms with Crippen LogP contribution in [0.2, 0.25) is 15.1 Å². The van der Waals surface area contributed by atoms with Crippen LogP contribution in [0.25, 0.3) is 0 Å². The van der Waals surface area contributed by atoms with Gasteiger partial charge < -0.3 is 5.32 Å². The first kappa shape index (κ1) is 16.4. The van der Waals surface area contributed by atoms with Crippen LogP contribution in [0, 0.1) is 0 Å². The average molecular weight is 362 g/mol. The van der Waals surface area contributed by atoms with Crippen LogP contribution >= 0.6 is 46.6 Å². The van der Waals surface area contributed by atoms with Gasteiger partial charge >= 0.3 is 0 Å². The van der Waals surface area contributed by atoms with E-state index in [9.17, 15) is 4.79 Å². The molecule has 7 heteroatoms. The highest BCUT2D eigenvalue weighted by molar-refractivity contribution is 8.00. The summed E-state index contributed by atoms with van der Waals surface area (Å²) in [4.78, 5) is 16.3. The molecule has 1 unspecified atom stereocenters. The summed E-state index contributed by atoms with van der Waals surface area (Å²) < 4.78 is 0. The highest BCUT2D eigenvalue weighted by Crippen LogP contribution is 2.32. The number of hydrogen-bond donors (Lipinski definition) is 1. The van der Waals surface area contributed by atoms with Crippen molar-refractivity contribution in [2.75, 3.05) is 5.32 Å². The predicted octanol–water partition coefficient (Wildman–Crippen LogP) is 5.16. The molecule has 0 saturated carbocycles. The SMILES string of the molecule is CC(Sc1ccccn1)C(=O)Nc1cc(Cl)c(Cl)cc1Cl. The van der Waals surface area contributed by atoms with Crippen LogP contribution in [0.1, 0.15) is 6.92 Å². The van der Waals surface area contributed by atoms with Crippen molar-refractivity contribution < 1.29 is 4.79 Å². The van der Waals surface area contributed by atoms with Gasteiger partial charge in [-0.05, 0) is 31.2 Å². The summed E-state index contributed by atoms with van der Waals surface area (Å²) in [5, 5.41) is 4.20. The first-order chi connectivity index (χ1) is 9.97. The lowest BCUT2D eigenvalue weighted by Gasteiger charge is -2.13. The van der Waals surface area contributed by atoms with Crippen molar-refractivity contribution >= 4 is 58.2 Å². The van der Waals surface area contributed by atoms with Crippen molar-refractivity contribution in [3.63, 3.8) is 0 Å². The maximum atomic E-state index is 12.2. The quantitative estimate of drug-likeness (QED) is 0.604. The summed E-state index contributed by atoms with van der Waals surface area (Å²) in [6.45, 7) is 1.79. The van der Waals surface area contributed by atoms with Gasteiger partial charge in [-0.15, -0.1) is 0 Å². The van der Waals surface area contributed by atoms with E-state index in [0.29, 0.717) is 20.8 Å². The molecule has 0 spiro atoms. The molecule has 0 bridgehead atoms. The average Bonchev–Trinajstić information content (AvgIpc) is 2.45. The Balaban J connectivity index is 2.06. The fourth-order valence-corrected chi connectivity index (χ4v) is 2.91. The van der Waals surface area contributed by atoms with E-state index in [0.717, 1.165) is 5.03 Å². The highest BCUT2D eigenvalue weighted by atomic mass is 35.5. The Hall–Kier alpha value is -0.940. The van der Waals surface area contributed by atoms with Crippen molar-refractivity contribution in [1.82, 2.24) is 4.98 Å². The molecule has 0 saturated heterocycles. The van der Waals surface area contributed by atoms with Crippen LogP contribution in [0.4, 0.5) is 5.69 Å². The molecule has 1 aromatic heterocycles. The van der Waals surface area contributed by atoms with E-state index in [-0.39, 0.29) is 11.2 Å². The monoisotopic (exact) mass is 360 g/mol. The number of halogens is 3. The number of anilines is 1. The molecule has 1 heterocycles. The van der Waals surface area contributed by atoms with E-state index in [4.69, 9.17) is 34.8 Å². The summed E-state index contributed by atoms with van der Waals surface area (Å²) in [6.07, 6.45) is 1.68. The van der Waals surface area contributed by atoms with Gasteiger partial charge in [-0.2, -0.15) is 0 Å². The number of amides is 1. The predicted molar refractivity (Wildman–Crippen MR) is 89.7 cm³/mol. The maximum absolute atomic E-state index is 12.2. The molecule has 2 rings (SSSR count). The second kappa shape index (κ2) is 7.36. The minimum atomic E-state index is -0.328. The Morgan fingerprint density at radius 3 is 2.57 bits per heavy atom. The standard InChI is InChI=1S/C14H11Cl3N2OS/c1-8(21-13-4-2-3-5-18-13)14(20)19-12-7-10(16)9(15)6-11(12)17/h2-8H,1H3,(H,19,20). The fourth-order valence-electron chi connectivity index (χ4n) is 1.50. The lowest BCUT2D eigenvalue weighted by atomic mass is 10.3. The van der Waals surface area contributed by atoms with Crippen molar-refractivity contribution in [2.24, 2.45) is 0 Å². The number of benzene rings is 1. The number of carbonyl (C=O) groups is 1. The number of thioether (sulfide) groups is 1. The van der Waals surface area contributed by atoms with E-state index in [1.807, 2.05) is 18.2 Å². The molecule has 0 aliphatic rings.